The molecule has 3 aromatic rings. The van der Waals surface area contributed by atoms with E-state index < -0.39 is 30.1 Å². The number of hydrogen-bond acceptors (Lipinski definition) is 5. The molecular formula is C25H22F2N2O4S. The van der Waals surface area contributed by atoms with Crippen molar-refractivity contribution in [1.82, 2.24) is 0 Å². The van der Waals surface area contributed by atoms with Crippen molar-refractivity contribution in [3.63, 3.8) is 0 Å². The normalized spacial score (nSPS) is 10.5. The first-order valence-electron chi connectivity index (χ1n) is 10.2. The van der Waals surface area contributed by atoms with Gasteiger partial charge in [0.25, 0.3) is 5.91 Å². The molecule has 3 rings (SSSR count). The maximum absolute atomic E-state index is 13.7. The average molecular weight is 485 g/mol. The molecule has 0 radical (unpaired) electrons. The molecule has 0 unspecified atom stereocenters. The monoisotopic (exact) mass is 484 g/mol. The van der Waals surface area contributed by atoms with Gasteiger partial charge in [-0.05, 0) is 61.4 Å². The lowest BCUT2D eigenvalue weighted by atomic mass is 10.2. The summed E-state index contributed by atoms with van der Waals surface area (Å²) in [6.07, 6.45) is 0. The third kappa shape index (κ3) is 6.89. The maximum Gasteiger partial charge on any atom is 0.339 e. The van der Waals surface area contributed by atoms with Crippen molar-refractivity contribution < 1.29 is 27.9 Å². The van der Waals surface area contributed by atoms with E-state index in [1.807, 2.05) is 0 Å². The number of rotatable bonds is 8. The summed E-state index contributed by atoms with van der Waals surface area (Å²) < 4.78 is 32.3. The Hall–Kier alpha value is -3.72. The van der Waals surface area contributed by atoms with Gasteiger partial charge in [0.2, 0.25) is 5.91 Å². The zero-order valence-electron chi connectivity index (χ0n) is 18.5. The van der Waals surface area contributed by atoms with E-state index in [-0.39, 0.29) is 22.9 Å². The average Bonchev–Trinajstić information content (AvgIpc) is 2.81. The lowest BCUT2D eigenvalue weighted by Crippen LogP contribution is -2.21. The highest BCUT2D eigenvalue weighted by molar-refractivity contribution is 8.00. The van der Waals surface area contributed by atoms with Gasteiger partial charge < -0.3 is 15.4 Å². The summed E-state index contributed by atoms with van der Waals surface area (Å²) in [6, 6.07) is 15.1. The van der Waals surface area contributed by atoms with Crippen LogP contribution in [0.25, 0.3) is 0 Å². The van der Waals surface area contributed by atoms with Crippen molar-refractivity contribution in [3.8, 4) is 0 Å². The second kappa shape index (κ2) is 11.4. The lowest BCUT2D eigenvalue weighted by molar-refractivity contribution is -0.119. The Kier molecular flexibility index (Phi) is 8.37. The molecule has 0 heterocycles. The van der Waals surface area contributed by atoms with Crippen molar-refractivity contribution in [2.24, 2.45) is 0 Å². The van der Waals surface area contributed by atoms with Gasteiger partial charge in [0, 0.05) is 16.3 Å². The van der Waals surface area contributed by atoms with E-state index in [9.17, 15) is 23.2 Å². The quantitative estimate of drug-likeness (QED) is 0.343. The Morgan fingerprint density at radius 1 is 0.824 bits per heavy atom. The summed E-state index contributed by atoms with van der Waals surface area (Å²) in [7, 11) is 0. The molecular weight excluding hydrogens is 462 g/mol. The largest absolute Gasteiger partial charge is 0.452 e. The number of amides is 2. The molecule has 0 aliphatic heterocycles. The smallest absolute Gasteiger partial charge is 0.339 e. The van der Waals surface area contributed by atoms with Crippen LogP contribution in [-0.2, 0) is 14.3 Å². The van der Waals surface area contributed by atoms with Crippen LogP contribution in [0.1, 0.15) is 21.5 Å². The van der Waals surface area contributed by atoms with E-state index in [4.69, 9.17) is 4.74 Å². The van der Waals surface area contributed by atoms with Crippen molar-refractivity contribution >= 4 is 40.9 Å². The van der Waals surface area contributed by atoms with Crippen LogP contribution in [0, 0.1) is 25.5 Å². The summed E-state index contributed by atoms with van der Waals surface area (Å²) in [6.45, 7) is 2.66. The summed E-state index contributed by atoms with van der Waals surface area (Å²) >= 11 is 1.10. The molecule has 0 fully saturated rings. The maximum atomic E-state index is 13.7. The summed E-state index contributed by atoms with van der Waals surface area (Å²) in [5.41, 5.74) is 1.69. The molecule has 0 aliphatic rings. The van der Waals surface area contributed by atoms with Crippen molar-refractivity contribution in [2.75, 3.05) is 23.0 Å². The van der Waals surface area contributed by atoms with Crippen LogP contribution in [0.4, 0.5) is 20.2 Å². The van der Waals surface area contributed by atoms with E-state index in [0.717, 1.165) is 11.8 Å². The van der Waals surface area contributed by atoms with Gasteiger partial charge in [-0.2, -0.15) is 0 Å². The fraction of sp³-hybridized carbons (Fsp3) is 0.160. The Morgan fingerprint density at radius 3 is 1.97 bits per heavy atom. The standard InChI is InChI=1S/C25H22F2N2O4S/c1-15-7-9-17(11-20(15)26)28-23(30)13-33-25(32)19-5-3-4-6-22(19)34-14-24(31)29-18-10-8-16(2)21(27)12-18/h3-12H,13-14H2,1-2H3,(H,28,30)(H,29,31). The molecule has 3 aromatic carbocycles. The van der Waals surface area contributed by atoms with E-state index in [1.165, 1.54) is 24.3 Å². The predicted octanol–water partition coefficient (Wildman–Crippen LogP) is 5.11. The van der Waals surface area contributed by atoms with Crippen molar-refractivity contribution in [1.29, 1.82) is 0 Å². The first-order chi connectivity index (χ1) is 16.2. The zero-order chi connectivity index (χ0) is 24.7. The predicted molar refractivity (Wildman–Crippen MR) is 127 cm³/mol. The van der Waals surface area contributed by atoms with E-state index in [1.54, 1.807) is 50.2 Å². The molecule has 6 nitrogen and oxygen atoms in total. The SMILES string of the molecule is Cc1ccc(NC(=O)COC(=O)c2ccccc2SCC(=O)Nc2ccc(C)c(F)c2)cc1F. The minimum atomic E-state index is -0.741. The first kappa shape index (κ1) is 24.9. The van der Waals surface area contributed by atoms with Gasteiger partial charge in [0.05, 0.1) is 11.3 Å². The minimum absolute atomic E-state index is 0.0285. The zero-order valence-corrected chi connectivity index (χ0v) is 19.3. The molecule has 0 saturated carbocycles. The Balaban J connectivity index is 1.54. The van der Waals surface area contributed by atoms with Gasteiger partial charge in [-0.1, -0.05) is 24.3 Å². The molecule has 0 spiro atoms. The number of thioether (sulfide) groups is 1. The molecule has 0 aliphatic carbocycles. The number of ether oxygens (including phenoxy) is 1. The Labute approximate surface area is 199 Å². The number of benzene rings is 3. The van der Waals surface area contributed by atoms with Gasteiger partial charge in [-0.15, -0.1) is 11.8 Å². The van der Waals surface area contributed by atoms with Crippen LogP contribution >= 0.6 is 11.8 Å². The minimum Gasteiger partial charge on any atom is -0.452 e. The second-order valence-corrected chi connectivity index (χ2v) is 8.40. The third-order valence-corrected chi connectivity index (χ3v) is 5.78. The number of hydrogen-bond donors (Lipinski definition) is 2. The lowest BCUT2D eigenvalue weighted by Gasteiger charge is -2.10. The van der Waals surface area contributed by atoms with Crippen LogP contribution in [0.3, 0.4) is 0 Å². The van der Waals surface area contributed by atoms with E-state index in [2.05, 4.69) is 10.6 Å². The van der Waals surface area contributed by atoms with Gasteiger partial charge in [0.15, 0.2) is 6.61 Å². The van der Waals surface area contributed by atoms with Crippen LogP contribution in [-0.4, -0.2) is 30.1 Å². The number of carbonyl (C=O) groups excluding carboxylic acids is 3. The molecule has 176 valence electrons. The molecule has 0 aromatic heterocycles. The first-order valence-corrected chi connectivity index (χ1v) is 11.2. The van der Waals surface area contributed by atoms with Gasteiger partial charge >= 0.3 is 5.97 Å². The fourth-order valence-corrected chi connectivity index (χ4v) is 3.69. The summed E-state index contributed by atoms with van der Waals surface area (Å²) in [4.78, 5) is 37.3. The Bertz CT molecular complexity index is 1230. The number of anilines is 2. The molecule has 34 heavy (non-hydrogen) atoms. The van der Waals surface area contributed by atoms with Gasteiger partial charge in [-0.25, -0.2) is 13.6 Å². The van der Waals surface area contributed by atoms with Crippen molar-refractivity contribution in [2.45, 2.75) is 18.7 Å². The highest BCUT2D eigenvalue weighted by Crippen LogP contribution is 2.24. The summed E-state index contributed by atoms with van der Waals surface area (Å²) in [5.74, 6) is -2.64. The van der Waals surface area contributed by atoms with Crippen LogP contribution < -0.4 is 10.6 Å². The molecule has 2 N–H and O–H groups in total. The number of esters is 1. The molecule has 9 heteroatoms. The third-order valence-electron chi connectivity index (χ3n) is 4.71. The number of nitrogens with one attached hydrogen (secondary N) is 2. The highest BCUT2D eigenvalue weighted by atomic mass is 32.2. The molecule has 0 atom stereocenters. The molecule has 0 bridgehead atoms. The number of carbonyl (C=O) groups is 3. The fourth-order valence-electron chi connectivity index (χ4n) is 2.85. The number of aryl methyl sites for hydroxylation is 2. The second-order valence-electron chi connectivity index (χ2n) is 7.39. The van der Waals surface area contributed by atoms with Crippen LogP contribution in [0.15, 0.2) is 65.6 Å². The van der Waals surface area contributed by atoms with Crippen LogP contribution in [0.5, 0.6) is 0 Å². The van der Waals surface area contributed by atoms with E-state index in [0.29, 0.717) is 21.7 Å². The molecule has 2 amide bonds. The topological polar surface area (TPSA) is 84.5 Å². The molecule has 0 saturated heterocycles. The summed E-state index contributed by atoms with van der Waals surface area (Å²) in [5, 5.41) is 5.07. The van der Waals surface area contributed by atoms with Crippen molar-refractivity contribution in [3.05, 3.63) is 89.0 Å². The highest BCUT2D eigenvalue weighted by Gasteiger charge is 2.16. The van der Waals surface area contributed by atoms with E-state index >= 15 is 0 Å². The van der Waals surface area contributed by atoms with Gasteiger partial charge in [0.1, 0.15) is 11.6 Å². The van der Waals surface area contributed by atoms with Gasteiger partial charge in [-0.3, -0.25) is 9.59 Å². The van der Waals surface area contributed by atoms with Crippen LogP contribution in [0.2, 0.25) is 0 Å². The number of halogens is 2. The Morgan fingerprint density at radius 2 is 1.38 bits per heavy atom.